The number of anilines is 2. The number of para-hydroxylation sites is 1. The maximum absolute atomic E-state index is 11.8. The Labute approximate surface area is 229 Å². The fraction of sp³-hybridized carbons (Fsp3) is 0.241. The Bertz CT molecular complexity index is 1630. The molecule has 0 bridgehead atoms. The van der Waals surface area contributed by atoms with Gasteiger partial charge >= 0.3 is 0 Å². The van der Waals surface area contributed by atoms with Gasteiger partial charge in [0, 0.05) is 29.0 Å². The lowest BCUT2D eigenvalue weighted by atomic mass is 9.96. The van der Waals surface area contributed by atoms with Crippen molar-refractivity contribution in [3.05, 3.63) is 107 Å². The van der Waals surface area contributed by atoms with E-state index in [0.717, 1.165) is 45.8 Å². The molecular formula is C29H31N5O2S2. The van der Waals surface area contributed by atoms with E-state index in [2.05, 4.69) is 75.6 Å². The number of hydrogen-bond donors (Lipinski definition) is 2. The highest BCUT2D eigenvalue weighted by Gasteiger charge is 2.42. The number of rotatable bonds is 6. The largest absolute Gasteiger partial charge is 0.351 e. The van der Waals surface area contributed by atoms with E-state index in [1.165, 1.54) is 5.56 Å². The summed E-state index contributed by atoms with van der Waals surface area (Å²) in [6, 6.07) is 21.8. The molecule has 0 unspecified atom stereocenters. The van der Waals surface area contributed by atoms with Crippen LogP contribution < -0.4 is 14.9 Å². The van der Waals surface area contributed by atoms with E-state index in [9.17, 15) is 8.42 Å². The molecule has 1 aliphatic rings. The molecule has 0 spiro atoms. The monoisotopic (exact) mass is 545 g/mol. The van der Waals surface area contributed by atoms with Crippen LogP contribution in [-0.4, -0.2) is 29.3 Å². The van der Waals surface area contributed by atoms with Crippen molar-refractivity contribution in [2.24, 2.45) is 0 Å². The first-order valence-electron chi connectivity index (χ1n) is 12.4. The highest BCUT2D eigenvalue weighted by atomic mass is 32.2. The smallest absolute Gasteiger partial charge is 0.229 e. The second kappa shape index (κ2) is 9.89. The second-order valence-corrected chi connectivity index (χ2v) is 12.0. The topological polar surface area (TPSA) is 79.3 Å². The minimum atomic E-state index is -3.39. The number of aryl methyl sites for hydroxylation is 3. The molecule has 2 N–H and O–H groups in total. The van der Waals surface area contributed by atoms with E-state index in [1.54, 1.807) is 12.3 Å². The summed E-state index contributed by atoms with van der Waals surface area (Å²) in [6.45, 7) is 8.28. The maximum atomic E-state index is 11.8. The van der Waals surface area contributed by atoms with Crippen LogP contribution in [0.2, 0.25) is 0 Å². The summed E-state index contributed by atoms with van der Waals surface area (Å²) in [5, 5.41) is 4.11. The number of sulfonamides is 1. The van der Waals surface area contributed by atoms with E-state index in [4.69, 9.17) is 12.2 Å². The van der Waals surface area contributed by atoms with Gasteiger partial charge in [-0.2, -0.15) is 0 Å². The molecule has 4 aromatic rings. The third kappa shape index (κ3) is 4.79. The lowest BCUT2D eigenvalue weighted by Gasteiger charge is -2.29. The third-order valence-electron chi connectivity index (χ3n) is 7.03. The summed E-state index contributed by atoms with van der Waals surface area (Å²) in [4.78, 5) is 6.79. The molecule has 0 aliphatic carbocycles. The van der Waals surface area contributed by atoms with E-state index >= 15 is 0 Å². The molecule has 2 aromatic heterocycles. The minimum Gasteiger partial charge on any atom is -0.351 e. The molecular weight excluding hydrogens is 514 g/mol. The highest BCUT2D eigenvalue weighted by molar-refractivity contribution is 7.92. The Morgan fingerprint density at radius 3 is 2.34 bits per heavy atom. The van der Waals surface area contributed by atoms with E-state index < -0.39 is 10.0 Å². The quantitative estimate of drug-likeness (QED) is 0.305. The van der Waals surface area contributed by atoms with Crippen molar-refractivity contribution in [3.63, 3.8) is 0 Å². The Kier molecular flexibility index (Phi) is 6.75. The summed E-state index contributed by atoms with van der Waals surface area (Å²) >= 11 is 5.91. The van der Waals surface area contributed by atoms with Gasteiger partial charge in [-0.3, -0.25) is 9.71 Å². The van der Waals surface area contributed by atoms with Crippen LogP contribution in [0.4, 0.5) is 11.4 Å². The molecule has 0 saturated carbocycles. The standard InChI is InChI=1S/C29H31N5O2S2/c1-18-10-6-7-12-26(18)33-20(3)17-23(21(33)4)28-27(25-11-8-9-15-30-25)31-29(37)34(28)22-13-14-24(19(2)16-22)32-38(5,35)36/h6-17,27-28,32H,1-5H3,(H,31,37)/t27-,28+/m1/s1. The molecule has 196 valence electrons. The predicted molar refractivity (Wildman–Crippen MR) is 158 cm³/mol. The lowest BCUT2D eigenvalue weighted by molar-refractivity contribution is 0.565. The lowest BCUT2D eigenvalue weighted by Crippen LogP contribution is -2.29. The maximum Gasteiger partial charge on any atom is 0.229 e. The van der Waals surface area contributed by atoms with Crippen LogP contribution in [0.3, 0.4) is 0 Å². The van der Waals surface area contributed by atoms with Crippen molar-refractivity contribution in [3.8, 4) is 5.69 Å². The van der Waals surface area contributed by atoms with Crippen LogP contribution in [0, 0.1) is 27.7 Å². The van der Waals surface area contributed by atoms with Crippen LogP contribution in [-0.2, 0) is 10.0 Å². The van der Waals surface area contributed by atoms with Crippen molar-refractivity contribution in [2.45, 2.75) is 39.8 Å². The Hall–Kier alpha value is -3.69. The number of benzene rings is 2. The van der Waals surface area contributed by atoms with Crippen LogP contribution in [0.15, 0.2) is 72.9 Å². The van der Waals surface area contributed by atoms with Crippen molar-refractivity contribution in [2.75, 3.05) is 15.9 Å². The Morgan fingerprint density at radius 1 is 0.947 bits per heavy atom. The number of hydrogen-bond acceptors (Lipinski definition) is 4. The number of nitrogens with zero attached hydrogens (tertiary/aromatic N) is 3. The third-order valence-corrected chi connectivity index (χ3v) is 7.93. The van der Waals surface area contributed by atoms with Crippen LogP contribution in [0.5, 0.6) is 0 Å². The zero-order valence-electron chi connectivity index (χ0n) is 22.1. The van der Waals surface area contributed by atoms with Crippen molar-refractivity contribution in [1.29, 1.82) is 0 Å². The molecule has 2 aromatic carbocycles. The van der Waals surface area contributed by atoms with Gasteiger partial charge in [-0.15, -0.1) is 0 Å². The first-order valence-corrected chi connectivity index (χ1v) is 14.7. The van der Waals surface area contributed by atoms with Gasteiger partial charge < -0.3 is 14.8 Å². The zero-order chi connectivity index (χ0) is 27.2. The van der Waals surface area contributed by atoms with E-state index in [0.29, 0.717) is 10.8 Å². The van der Waals surface area contributed by atoms with Gasteiger partial charge in [-0.05, 0) is 99.1 Å². The number of pyridine rings is 1. The predicted octanol–water partition coefficient (Wildman–Crippen LogP) is 5.65. The van der Waals surface area contributed by atoms with E-state index in [1.807, 2.05) is 37.3 Å². The fourth-order valence-electron chi connectivity index (χ4n) is 5.33. The normalized spacial score (nSPS) is 17.5. The molecule has 3 heterocycles. The molecule has 5 rings (SSSR count). The molecule has 1 aliphatic heterocycles. The van der Waals surface area contributed by atoms with Gasteiger partial charge in [-0.1, -0.05) is 24.3 Å². The number of nitrogens with one attached hydrogen (secondary N) is 2. The van der Waals surface area contributed by atoms with E-state index in [-0.39, 0.29) is 12.1 Å². The second-order valence-electron chi connectivity index (χ2n) is 9.82. The molecule has 0 amide bonds. The highest BCUT2D eigenvalue weighted by Crippen LogP contribution is 2.44. The first-order chi connectivity index (χ1) is 18.0. The summed E-state index contributed by atoms with van der Waals surface area (Å²) in [6.07, 6.45) is 2.95. The molecule has 1 fully saturated rings. The summed E-state index contributed by atoms with van der Waals surface area (Å²) in [7, 11) is -3.39. The van der Waals surface area contributed by atoms with Crippen molar-refractivity contribution in [1.82, 2.24) is 14.9 Å². The summed E-state index contributed by atoms with van der Waals surface area (Å²) in [5.74, 6) is 0. The van der Waals surface area contributed by atoms with Gasteiger partial charge in [0.1, 0.15) is 0 Å². The Balaban J connectivity index is 1.66. The average Bonchev–Trinajstić information content (AvgIpc) is 3.36. The summed E-state index contributed by atoms with van der Waals surface area (Å²) < 4.78 is 28.6. The van der Waals surface area contributed by atoms with Gasteiger partial charge in [0.05, 0.1) is 29.7 Å². The molecule has 38 heavy (non-hydrogen) atoms. The number of thiocarbonyl (C=S) groups is 1. The minimum absolute atomic E-state index is 0.172. The fourth-order valence-corrected chi connectivity index (χ4v) is 6.31. The average molecular weight is 546 g/mol. The summed E-state index contributed by atoms with van der Waals surface area (Å²) in [5.41, 5.74) is 8.88. The molecule has 2 atom stereocenters. The van der Waals surface area contributed by atoms with Crippen LogP contribution in [0.1, 0.15) is 45.9 Å². The SMILES string of the molecule is Cc1cc(N2C(=S)N[C@H](c3ccccn3)[C@@H]2c2cc(C)n(-c3ccccc3C)c2C)ccc1NS(C)(=O)=O. The molecule has 7 nitrogen and oxygen atoms in total. The van der Waals surface area contributed by atoms with Gasteiger partial charge in [-0.25, -0.2) is 8.42 Å². The molecule has 1 saturated heterocycles. The van der Waals surface area contributed by atoms with Crippen LogP contribution in [0.25, 0.3) is 5.69 Å². The first kappa shape index (κ1) is 25.9. The van der Waals surface area contributed by atoms with Crippen LogP contribution >= 0.6 is 12.2 Å². The molecule has 9 heteroatoms. The van der Waals surface area contributed by atoms with Gasteiger partial charge in [0.15, 0.2) is 5.11 Å². The number of aromatic nitrogens is 2. The zero-order valence-corrected chi connectivity index (χ0v) is 23.7. The van der Waals surface area contributed by atoms with Gasteiger partial charge in [0.25, 0.3) is 0 Å². The van der Waals surface area contributed by atoms with Crippen molar-refractivity contribution >= 4 is 38.7 Å². The molecule has 0 radical (unpaired) electrons. The van der Waals surface area contributed by atoms with Crippen molar-refractivity contribution < 1.29 is 8.42 Å². The van der Waals surface area contributed by atoms with Gasteiger partial charge in [0.2, 0.25) is 10.0 Å². The Morgan fingerprint density at radius 2 is 1.68 bits per heavy atom.